The number of anilines is 2. The SMILES string of the molecule is COC(=O)c1c(C(=O)N(F)c2c(C(C)(C)C)cccc2C(C)(C)C)cccc1C(=O)N(F)c1c(C(C)(C)C)cccc1C(C)(C)C. The van der Waals surface area contributed by atoms with Crippen LogP contribution in [0.15, 0.2) is 54.6 Å². The molecule has 0 heterocycles. The van der Waals surface area contributed by atoms with Gasteiger partial charge in [-0.05, 0) is 56.0 Å². The van der Waals surface area contributed by atoms with Crippen molar-refractivity contribution < 1.29 is 28.1 Å². The third-order valence-corrected chi connectivity index (χ3v) is 7.97. The summed E-state index contributed by atoms with van der Waals surface area (Å²) in [5.74, 6) is -3.45. The summed E-state index contributed by atoms with van der Waals surface area (Å²) < 4.78 is 38.2. The molecule has 46 heavy (non-hydrogen) atoms. The Kier molecular flexibility index (Phi) is 9.98. The molecule has 6 nitrogen and oxygen atoms in total. The topological polar surface area (TPSA) is 66.9 Å². The van der Waals surface area contributed by atoms with Gasteiger partial charge in [0.05, 0.1) is 35.2 Å². The van der Waals surface area contributed by atoms with Gasteiger partial charge in [0.15, 0.2) is 0 Å². The number of hydrogen-bond acceptors (Lipinski definition) is 4. The Balaban J connectivity index is 2.30. The van der Waals surface area contributed by atoms with E-state index in [4.69, 9.17) is 4.74 Å². The maximum absolute atomic E-state index is 16.6. The highest BCUT2D eigenvalue weighted by Gasteiger charge is 2.37. The lowest BCUT2D eigenvalue weighted by atomic mass is 9.78. The Labute approximate surface area is 272 Å². The average molecular weight is 635 g/mol. The number of ether oxygens (including phenoxy) is 1. The zero-order valence-electron chi connectivity index (χ0n) is 29.5. The maximum atomic E-state index is 16.6. The third kappa shape index (κ3) is 7.16. The average Bonchev–Trinajstić information content (AvgIpc) is 2.96. The molecule has 0 aliphatic heterocycles. The van der Waals surface area contributed by atoms with Crippen LogP contribution in [-0.2, 0) is 26.4 Å². The molecule has 0 aliphatic rings. The van der Waals surface area contributed by atoms with E-state index < -0.39 is 56.1 Å². The summed E-state index contributed by atoms with van der Waals surface area (Å²) in [7, 11) is 1.08. The molecule has 0 unspecified atom stereocenters. The van der Waals surface area contributed by atoms with Gasteiger partial charge in [0.1, 0.15) is 0 Å². The van der Waals surface area contributed by atoms with Crippen LogP contribution >= 0.6 is 0 Å². The zero-order valence-corrected chi connectivity index (χ0v) is 29.5. The molecule has 0 spiro atoms. The Bertz CT molecular complexity index is 1470. The molecule has 2 amide bonds. The van der Waals surface area contributed by atoms with E-state index in [9.17, 15) is 14.4 Å². The van der Waals surface area contributed by atoms with Gasteiger partial charge in [-0.25, -0.2) is 4.79 Å². The number of carbonyl (C=O) groups excluding carboxylic acids is 3. The quantitative estimate of drug-likeness (QED) is 0.207. The van der Waals surface area contributed by atoms with Gasteiger partial charge in [0.2, 0.25) is 0 Å². The van der Waals surface area contributed by atoms with Crippen molar-refractivity contribution in [2.24, 2.45) is 0 Å². The van der Waals surface area contributed by atoms with Gasteiger partial charge in [-0.1, -0.05) is 135 Å². The van der Waals surface area contributed by atoms with Gasteiger partial charge in [0.25, 0.3) is 11.8 Å². The molecule has 0 saturated heterocycles. The van der Waals surface area contributed by atoms with Crippen molar-refractivity contribution in [3.05, 3.63) is 93.5 Å². The monoisotopic (exact) mass is 634 g/mol. The molecule has 0 aromatic heterocycles. The van der Waals surface area contributed by atoms with E-state index in [1.54, 1.807) is 24.3 Å². The highest BCUT2D eigenvalue weighted by molar-refractivity contribution is 6.18. The van der Waals surface area contributed by atoms with Gasteiger partial charge in [0, 0.05) is 0 Å². The second kappa shape index (κ2) is 12.6. The Morgan fingerprint density at radius 1 is 0.522 bits per heavy atom. The lowest BCUT2D eigenvalue weighted by Crippen LogP contribution is -2.33. The first kappa shape index (κ1) is 36.4. The second-order valence-electron chi connectivity index (χ2n) is 15.8. The van der Waals surface area contributed by atoms with E-state index >= 15 is 8.96 Å². The van der Waals surface area contributed by atoms with Crippen LogP contribution in [0.4, 0.5) is 20.3 Å². The number of esters is 1. The van der Waals surface area contributed by atoms with Crippen molar-refractivity contribution in [3.8, 4) is 0 Å². The van der Waals surface area contributed by atoms with Gasteiger partial charge in [-0.3, -0.25) is 9.59 Å². The second-order valence-corrected chi connectivity index (χ2v) is 15.8. The fraction of sp³-hybridized carbons (Fsp3) is 0.447. The standard InChI is InChI=1S/C38H48F2N2O4/c1-35(2,3)25-19-15-20-26(36(4,5)6)30(25)41(39)32(43)23-17-14-18-24(29(23)34(45)46-13)33(44)42(40)31-27(37(7,8)9)21-16-22-28(31)38(10,11)12/h14-22H,1-13H3. The summed E-state index contributed by atoms with van der Waals surface area (Å²) in [6.45, 7) is 22.9. The van der Waals surface area contributed by atoms with Gasteiger partial charge in [-0.2, -0.15) is 0 Å². The summed E-state index contributed by atoms with van der Waals surface area (Å²) in [6.07, 6.45) is 0. The first-order valence-corrected chi connectivity index (χ1v) is 15.4. The first-order valence-electron chi connectivity index (χ1n) is 15.4. The highest BCUT2D eigenvalue weighted by Crippen LogP contribution is 2.43. The van der Waals surface area contributed by atoms with Crippen LogP contribution in [0.25, 0.3) is 0 Å². The van der Waals surface area contributed by atoms with Gasteiger partial charge in [-0.15, -0.1) is 10.2 Å². The first-order chi connectivity index (χ1) is 20.9. The Morgan fingerprint density at radius 2 is 0.783 bits per heavy atom. The predicted octanol–water partition coefficient (Wildman–Crippen LogP) is 9.73. The number of carbonyl (C=O) groups is 3. The Hall–Kier alpha value is -4.07. The smallest absolute Gasteiger partial charge is 0.339 e. The summed E-state index contributed by atoms with van der Waals surface area (Å²) in [6, 6.07) is 14.5. The van der Waals surface area contributed by atoms with Gasteiger partial charge >= 0.3 is 5.97 Å². The number of methoxy groups -OCH3 is 1. The molecule has 0 bridgehead atoms. The minimum absolute atomic E-state index is 0.0248. The molecule has 0 aliphatic carbocycles. The van der Waals surface area contributed by atoms with Crippen molar-refractivity contribution in [2.75, 3.05) is 17.4 Å². The summed E-state index contributed by atoms with van der Waals surface area (Å²) in [4.78, 5) is 41.4. The number of para-hydroxylation sites is 2. The van der Waals surface area contributed by atoms with E-state index in [1.807, 2.05) is 95.2 Å². The van der Waals surface area contributed by atoms with Gasteiger partial charge < -0.3 is 4.74 Å². The van der Waals surface area contributed by atoms with E-state index in [2.05, 4.69) is 0 Å². The van der Waals surface area contributed by atoms with Crippen molar-refractivity contribution in [1.82, 2.24) is 0 Å². The van der Waals surface area contributed by atoms with E-state index in [0.717, 1.165) is 7.11 Å². The molecular formula is C38H48F2N2O4. The summed E-state index contributed by atoms with van der Waals surface area (Å²) >= 11 is 0. The number of halogens is 2. The molecule has 3 aromatic rings. The number of hydrogen-bond donors (Lipinski definition) is 0. The van der Waals surface area contributed by atoms with Crippen LogP contribution in [0.3, 0.4) is 0 Å². The molecule has 0 atom stereocenters. The van der Waals surface area contributed by atoms with Crippen molar-refractivity contribution >= 4 is 29.2 Å². The molecule has 0 radical (unpaired) electrons. The van der Waals surface area contributed by atoms with Crippen molar-refractivity contribution in [3.63, 3.8) is 0 Å². The molecule has 0 saturated carbocycles. The van der Waals surface area contributed by atoms with E-state index in [1.165, 1.54) is 18.2 Å². The number of rotatable bonds is 5. The fourth-order valence-corrected chi connectivity index (χ4v) is 5.58. The molecule has 8 heteroatoms. The van der Waals surface area contributed by atoms with Crippen LogP contribution in [0.2, 0.25) is 0 Å². The Morgan fingerprint density at radius 3 is 1.02 bits per heavy atom. The number of benzene rings is 3. The van der Waals surface area contributed by atoms with Crippen LogP contribution < -0.4 is 10.2 Å². The lowest BCUT2D eigenvalue weighted by Gasteiger charge is -2.32. The minimum atomic E-state index is -1.19. The minimum Gasteiger partial charge on any atom is -0.465 e. The van der Waals surface area contributed by atoms with Crippen LogP contribution in [-0.4, -0.2) is 24.9 Å². The third-order valence-electron chi connectivity index (χ3n) is 7.97. The normalized spacial score (nSPS) is 12.5. The predicted molar refractivity (Wildman–Crippen MR) is 181 cm³/mol. The molecule has 248 valence electrons. The zero-order chi connectivity index (χ0) is 35.2. The highest BCUT2D eigenvalue weighted by atomic mass is 19.2. The largest absolute Gasteiger partial charge is 0.465 e. The van der Waals surface area contributed by atoms with Crippen molar-refractivity contribution in [2.45, 2.75) is 105 Å². The molecule has 0 N–H and O–H groups in total. The molecular weight excluding hydrogens is 586 g/mol. The summed E-state index contributed by atoms with van der Waals surface area (Å²) in [5, 5.41) is 0.0496. The van der Waals surface area contributed by atoms with Crippen LogP contribution in [0.1, 0.15) is 136 Å². The van der Waals surface area contributed by atoms with Crippen molar-refractivity contribution in [1.29, 1.82) is 0 Å². The molecule has 3 aromatic carbocycles. The number of nitrogens with zero attached hydrogens (tertiary/aromatic N) is 2. The van der Waals surface area contributed by atoms with E-state index in [-0.39, 0.29) is 21.6 Å². The van der Waals surface area contributed by atoms with E-state index in [0.29, 0.717) is 22.3 Å². The van der Waals surface area contributed by atoms with Crippen LogP contribution in [0, 0.1) is 0 Å². The fourth-order valence-electron chi connectivity index (χ4n) is 5.58. The molecule has 3 rings (SSSR count). The maximum Gasteiger partial charge on any atom is 0.339 e. The lowest BCUT2D eigenvalue weighted by molar-refractivity contribution is 0.0592. The number of amides is 2. The van der Waals surface area contributed by atoms with Crippen LogP contribution in [0.5, 0.6) is 0 Å². The summed E-state index contributed by atoms with van der Waals surface area (Å²) in [5.41, 5.74) is -1.19. The molecule has 0 fully saturated rings.